The van der Waals surface area contributed by atoms with E-state index in [2.05, 4.69) is 22.9 Å². The zero-order chi connectivity index (χ0) is 17.9. The molecule has 0 aliphatic carbocycles. The van der Waals surface area contributed by atoms with E-state index < -0.39 is 22.1 Å². The van der Waals surface area contributed by atoms with Gasteiger partial charge in [-0.2, -0.15) is 0 Å². The van der Waals surface area contributed by atoms with Gasteiger partial charge in [0.1, 0.15) is 0 Å². The molecule has 0 aromatic heterocycles. The maximum Gasteiger partial charge on any atom is 0.492 e. The summed E-state index contributed by atoms with van der Waals surface area (Å²) < 4.78 is 29.8. The van der Waals surface area contributed by atoms with E-state index in [4.69, 9.17) is 0 Å². The van der Waals surface area contributed by atoms with Crippen molar-refractivity contribution >= 4 is 39.0 Å². The molecular formula is C15H18O6P2S. The van der Waals surface area contributed by atoms with Crippen LogP contribution in [0.4, 0.5) is 0 Å². The van der Waals surface area contributed by atoms with Crippen LogP contribution in [0.5, 0.6) is 0 Å². The van der Waals surface area contributed by atoms with Crippen molar-refractivity contribution in [3.05, 3.63) is 42.5 Å². The summed E-state index contributed by atoms with van der Waals surface area (Å²) in [6.07, 6.45) is 2.64. The predicted molar refractivity (Wildman–Crippen MR) is 91.6 cm³/mol. The highest BCUT2D eigenvalue weighted by atomic mass is 32.2. The molecule has 0 spiro atoms. The van der Waals surface area contributed by atoms with Gasteiger partial charge in [-0.15, -0.1) is 0 Å². The van der Waals surface area contributed by atoms with E-state index in [0.29, 0.717) is 4.90 Å². The Morgan fingerprint density at radius 3 is 2.00 bits per heavy atom. The van der Waals surface area contributed by atoms with Crippen LogP contribution in [0, 0.1) is 0 Å². The molecule has 24 heavy (non-hydrogen) atoms. The largest absolute Gasteiger partial charge is 0.566 e. The van der Waals surface area contributed by atoms with Crippen LogP contribution in [-0.4, -0.2) is 5.62 Å². The summed E-state index contributed by atoms with van der Waals surface area (Å²) in [5.74, 6) is 0. The molecule has 0 saturated carbocycles. The van der Waals surface area contributed by atoms with Crippen LogP contribution in [0.1, 0.15) is 26.7 Å². The molecule has 2 atom stereocenters. The minimum Gasteiger partial charge on any atom is -0.566 e. The van der Waals surface area contributed by atoms with Crippen molar-refractivity contribution < 1.29 is 28.0 Å². The predicted octanol–water partition coefficient (Wildman–Crippen LogP) is 4.09. The zero-order valence-corrected chi connectivity index (χ0v) is 15.9. The Balaban J connectivity index is 0.000000648. The third kappa shape index (κ3) is 8.27. The first kappa shape index (κ1) is 21.1. The average molecular weight is 388 g/mol. The van der Waals surface area contributed by atoms with Crippen LogP contribution >= 0.6 is 28.3 Å². The lowest BCUT2D eigenvalue weighted by atomic mass is 10.1. The number of fused-ring (bicyclic) bond motifs is 1. The zero-order valence-electron chi connectivity index (χ0n) is 13.3. The summed E-state index contributed by atoms with van der Waals surface area (Å²) in [4.78, 5) is 21.7. The van der Waals surface area contributed by atoms with Gasteiger partial charge in [-0.25, -0.2) is 0 Å². The molecule has 0 amide bonds. The number of thioether (sulfide) groups is 1. The molecule has 2 rings (SSSR count). The molecule has 0 aliphatic rings. The third-order valence-corrected chi connectivity index (χ3v) is 4.72. The lowest BCUT2D eigenvalue weighted by Gasteiger charge is -2.07. The first-order valence-corrected chi connectivity index (χ1v) is 10.3. The molecule has 130 valence electrons. The van der Waals surface area contributed by atoms with Gasteiger partial charge in [-0.05, 0) is 32.0 Å². The Hall–Kier alpha value is -0.910. The van der Waals surface area contributed by atoms with Gasteiger partial charge in [0.2, 0.25) is 0 Å². The second kappa shape index (κ2) is 11.6. The van der Waals surface area contributed by atoms with Crippen molar-refractivity contribution in [3.8, 4) is 0 Å². The molecule has 9 heteroatoms. The van der Waals surface area contributed by atoms with Gasteiger partial charge in [0.15, 0.2) is 0 Å². The number of rotatable bonds is 7. The summed E-state index contributed by atoms with van der Waals surface area (Å²) in [5, 5.41) is 1.95. The first-order valence-electron chi connectivity index (χ1n) is 7.24. The highest BCUT2D eigenvalue weighted by Crippen LogP contribution is 2.35. The van der Waals surface area contributed by atoms with E-state index in [0.717, 1.165) is 22.5 Å². The molecule has 0 N–H and O–H groups in total. The van der Waals surface area contributed by atoms with E-state index in [-0.39, 0.29) is 0 Å². The van der Waals surface area contributed by atoms with Crippen LogP contribution in [0.2, 0.25) is 0 Å². The summed E-state index contributed by atoms with van der Waals surface area (Å²) in [6, 6.07) is 12.9. The third-order valence-electron chi connectivity index (χ3n) is 2.80. The Bertz CT molecular complexity index is 664. The van der Waals surface area contributed by atoms with Crippen LogP contribution in [0.15, 0.2) is 47.4 Å². The molecule has 2 aromatic rings. The van der Waals surface area contributed by atoms with Crippen molar-refractivity contribution in [2.24, 2.45) is 0 Å². The second-order valence-electron chi connectivity index (χ2n) is 4.57. The van der Waals surface area contributed by atoms with Crippen LogP contribution in [-0.2, 0) is 18.2 Å². The fraction of sp³-hybridized carbons (Fsp3) is 0.333. The van der Waals surface area contributed by atoms with Gasteiger partial charge in [0.25, 0.3) is 0 Å². The molecular weight excluding hydrogens is 370 g/mol. The minimum atomic E-state index is -3.21. The number of hydrogen-bond acceptors (Lipinski definition) is 7. The van der Waals surface area contributed by atoms with E-state index >= 15 is 0 Å². The Morgan fingerprint density at radius 2 is 1.50 bits per heavy atom. The highest BCUT2D eigenvalue weighted by Gasteiger charge is 2.26. The van der Waals surface area contributed by atoms with Crippen molar-refractivity contribution in [1.29, 1.82) is 0 Å². The number of benzene rings is 2. The SMILES string of the molecule is CCCC.O=[P+]([O-])OC(O[P+](=O)[O-])Sc1ccc2ccccc2c1. The summed E-state index contributed by atoms with van der Waals surface area (Å²) in [7, 11) is -6.43. The van der Waals surface area contributed by atoms with Crippen LogP contribution in [0.3, 0.4) is 0 Å². The Morgan fingerprint density at radius 1 is 0.958 bits per heavy atom. The molecule has 0 heterocycles. The first-order chi connectivity index (χ1) is 11.5. The van der Waals surface area contributed by atoms with E-state index in [1.54, 1.807) is 12.1 Å². The summed E-state index contributed by atoms with van der Waals surface area (Å²) in [6.45, 7) is 4.36. The normalized spacial score (nSPS) is 13.0. The quantitative estimate of drug-likeness (QED) is 0.400. The van der Waals surface area contributed by atoms with Gasteiger partial charge in [0.05, 0.1) is 0 Å². The molecule has 0 radical (unpaired) electrons. The lowest BCUT2D eigenvalue weighted by molar-refractivity contribution is -0.205. The van der Waals surface area contributed by atoms with E-state index in [1.807, 2.05) is 30.3 Å². The standard InChI is InChI=1S/C11H8O6P2S.C4H10/c12-18(13)16-11(17-19(14)15)20-10-6-5-8-3-1-2-4-9(8)7-10;1-3-4-2/h1-7,11H;3-4H2,1-2H3. The Kier molecular flexibility index (Phi) is 10.2. The number of unbranched alkanes of at least 4 members (excludes halogenated alkanes) is 1. The van der Waals surface area contributed by atoms with Crippen LogP contribution < -0.4 is 9.79 Å². The number of hydrogen-bond donors (Lipinski definition) is 0. The molecule has 6 nitrogen and oxygen atoms in total. The fourth-order valence-corrected chi connectivity index (χ4v) is 3.32. The molecule has 0 aliphatic heterocycles. The highest BCUT2D eigenvalue weighted by molar-refractivity contribution is 7.99. The van der Waals surface area contributed by atoms with Gasteiger partial charge in [-0.3, -0.25) is 0 Å². The maximum absolute atomic E-state index is 10.5. The van der Waals surface area contributed by atoms with Gasteiger partial charge < -0.3 is 9.79 Å². The monoisotopic (exact) mass is 388 g/mol. The average Bonchev–Trinajstić information content (AvgIpc) is 2.53. The topological polar surface area (TPSA) is 98.7 Å². The van der Waals surface area contributed by atoms with Crippen molar-refractivity contribution in [3.63, 3.8) is 0 Å². The van der Waals surface area contributed by atoms with Crippen molar-refractivity contribution in [2.45, 2.75) is 37.2 Å². The summed E-state index contributed by atoms with van der Waals surface area (Å²) >= 11 is 0.848. The minimum absolute atomic E-state index is 0.627. The molecule has 0 fully saturated rings. The Labute approximate surface area is 147 Å². The fourth-order valence-electron chi connectivity index (χ4n) is 1.55. The lowest BCUT2D eigenvalue weighted by Crippen LogP contribution is -2.10. The second-order valence-corrected chi connectivity index (χ2v) is 6.98. The molecule has 2 aromatic carbocycles. The van der Waals surface area contributed by atoms with Gasteiger partial charge in [-0.1, -0.05) is 77.8 Å². The summed E-state index contributed by atoms with van der Waals surface area (Å²) in [5.41, 5.74) is -1.46. The van der Waals surface area contributed by atoms with Crippen molar-refractivity contribution in [2.75, 3.05) is 0 Å². The van der Waals surface area contributed by atoms with Crippen LogP contribution in [0.25, 0.3) is 10.8 Å². The van der Waals surface area contributed by atoms with E-state index in [9.17, 15) is 18.9 Å². The smallest absolute Gasteiger partial charge is 0.492 e. The van der Waals surface area contributed by atoms with Crippen molar-refractivity contribution in [1.82, 2.24) is 0 Å². The van der Waals surface area contributed by atoms with Gasteiger partial charge in [0, 0.05) is 4.90 Å². The van der Waals surface area contributed by atoms with E-state index in [1.165, 1.54) is 12.8 Å². The molecule has 0 saturated heterocycles. The molecule has 2 unspecified atom stereocenters. The maximum atomic E-state index is 10.5. The molecule has 0 bridgehead atoms. The van der Waals surface area contributed by atoms with Gasteiger partial charge >= 0.3 is 22.1 Å².